The van der Waals surface area contributed by atoms with Gasteiger partial charge in [0.1, 0.15) is 5.75 Å². The molecule has 124 valence electrons. The van der Waals surface area contributed by atoms with Gasteiger partial charge in [-0.3, -0.25) is 9.69 Å². The second kappa shape index (κ2) is 7.01. The first kappa shape index (κ1) is 16.5. The highest BCUT2D eigenvalue weighted by atomic mass is 32.1. The van der Waals surface area contributed by atoms with Gasteiger partial charge in [-0.25, -0.2) is 4.98 Å². The van der Waals surface area contributed by atoms with E-state index >= 15 is 0 Å². The first-order valence-electron chi connectivity index (χ1n) is 8.02. The Morgan fingerprint density at radius 3 is 2.50 bits per heavy atom. The number of carbonyl (C=O) groups is 1. The molecule has 0 aliphatic carbocycles. The summed E-state index contributed by atoms with van der Waals surface area (Å²) in [5.74, 6) is 0.698. The summed E-state index contributed by atoms with van der Waals surface area (Å²) in [7, 11) is 0. The lowest BCUT2D eigenvalue weighted by Gasteiger charge is -2.22. The summed E-state index contributed by atoms with van der Waals surface area (Å²) in [5, 5.41) is 0.694. The first-order chi connectivity index (χ1) is 11.6. The number of benzene rings is 2. The van der Waals surface area contributed by atoms with E-state index < -0.39 is 0 Å². The molecule has 0 radical (unpaired) electrons. The van der Waals surface area contributed by atoms with E-state index in [9.17, 15) is 4.79 Å². The fourth-order valence-corrected chi connectivity index (χ4v) is 3.40. The zero-order valence-electron chi connectivity index (χ0n) is 14.0. The Bertz CT molecular complexity index is 807. The van der Waals surface area contributed by atoms with E-state index in [4.69, 9.17) is 4.74 Å². The number of fused-ring (bicyclic) bond motifs is 1. The van der Waals surface area contributed by atoms with Crippen LogP contribution in [0.5, 0.6) is 5.75 Å². The van der Waals surface area contributed by atoms with Crippen LogP contribution in [0, 0.1) is 5.92 Å². The number of aromatic nitrogens is 1. The van der Waals surface area contributed by atoms with Crippen molar-refractivity contribution >= 4 is 38.3 Å². The highest BCUT2D eigenvalue weighted by Crippen LogP contribution is 2.35. The van der Waals surface area contributed by atoms with Gasteiger partial charge in [0.25, 0.3) is 0 Å². The highest BCUT2D eigenvalue weighted by Gasteiger charge is 2.24. The minimum absolute atomic E-state index is 0.0261. The van der Waals surface area contributed by atoms with Crippen molar-refractivity contribution in [3.05, 3.63) is 48.5 Å². The van der Waals surface area contributed by atoms with E-state index in [2.05, 4.69) is 4.98 Å². The third-order valence-corrected chi connectivity index (χ3v) is 4.62. The van der Waals surface area contributed by atoms with Crippen molar-refractivity contribution < 1.29 is 9.53 Å². The van der Waals surface area contributed by atoms with Crippen molar-refractivity contribution in [1.29, 1.82) is 0 Å². The molecule has 0 atom stereocenters. The van der Waals surface area contributed by atoms with E-state index in [1.54, 1.807) is 4.90 Å². The molecule has 1 amide bonds. The number of ether oxygens (including phenoxy) is 1. The lowest BCUT2D eigenvalue weighted by atomic mass is 10.1. The van der Waals surface area contributed by atoms with Gasteiger partial charge in [0.15, 0.2) is 5.13 Å². The zero-order valence-corrected chi connectivity index (χ0v) is 14.8. The summed E-state index contributed by atoms with van der Waals surface area (Å²) < 4.78 is 6.56. The van der Waals surface area contributed by atoms with Gasteiger partial charge in [0.2, 0.25) is 5.91 Å². The van der Waals surface area contributed by atoms with Gasteiger partial charge in [-0.15, -0.1) is 0 Å². The summed E-state index contributed by atoms with van der Waals surface area (Å²) in [6, 6.07) is 15.5. The predicted octanol–water partition coefficient (Wildman–Crippen LogP) is 5.02. The second-order valence-corrected chi connectivity index (χ2v) is 6.73. The molecule has 0 bridgehead atoms. The number of amides is 1. The topological polar surface area (TPSA) is 42.4 Å². The lowest BCUT2D eigenvalue weighted by molar-refractivity contribution is -0.120. The Kier molecular flexibility index (Phi) is 4.81. The Balaban J connectivity index is 2.04. The molecule has 4 nitrogen and oxygen atoms in total. The number of nitrogens with zero attached hydrogens (tertiary/aromatic N) is 2. The molecule has 0 saturated heterocycles. The molecule has 0 N–H and O–H groups in total. The standard InChI is InChI=1S/C19H20N2O2S/c1-4-23-15-11-9-14(10-12-15)21(18(22)13(2)3)19-20-16-7-5-6-8-17(16)24-19/h5-13H,4H2,1-3H3. The van der Waals surface area contributed by atoms with Crippen LogP contribution in [0.15, 0.2) is 48.5 Å². The molecular weight excluding hydrogens is 320 g/mol. The monoisotopic (exact) mass is 340 g/mol. The highest BCUT2D eigenvalue weighted by molar-refractivity contribution is 7.22. The van der Waals surface area contributed by atoms with Crippen molar-refractivity contribution in [3.8, 4) is 5.75 Å². The molecule has 3 rings (SSSR count). The Hall–Kier alpha value is -2.40. The van der Waals surface area contributed by atoms with E-state index in [1.807, 2.05) is 69.3 Å². The maximum atomic E-state index is 12.8. The fourth-order valence-electron chi connectivity index (χ4n) is 2.40. The van der Waals surface area contributed by atoms with E-state index in [0.717, 1.165) is 21.7 Å². The van der Waals surface area contributed by atoms with Crippen LogP contribution in [0.1, 0.15) is 20.8 Å². The van der Waals surface area contributed by atoms with Gasteiger partial charge in [0, 0.05) is 5.92 Å². The van der Waals surface area contributed by atoms with Gasteiger partial charge in [-0.1, -0.05) is 37.3 Å². The Morgan fingerprint density at radius 1 is 1.17 bits per heavy atom. The third kappa shape index (κ3) is 3.26. The molecule has 1 heterocycles. The van der Waals surface area contributed by atoms with Crippen LogP contribution >= 0.6 is 11.3 Å². The molecule has 0 unspecified atom stereocenters. The molecule has 0 aliphatic rings. The molecule has 0 saturated carbocycles. The van der Waals surface area contributed by atoms with Crippen LogP contribution < -0.4 is 9.64 Å². The number of thiazole rings is 1. The van der Waals surface area contributed by atoms with E-state index in [0.29, 0.717) is 11.7 Å². The van der Waals surface area contributed by atoms with Gasteiger partial charge in [-0.05, 0) is 43.3 Å². The summed E-state index contributed by atoms with van der Waals surface area (Å²) in [5.41, 5.74) is 1.71. The van der Waals surface area contributed by atoms with Crippen molar-refractivity contribution in [2.75, 3.05) is 11.5 Å². The second-order valence-electron chi connectivity index (χ2n) is 5.72. The smallest absolute Gasteiger partial charge is 0.235 e. The molecule has 1 aromatic heterocycles. The molecular formula is C19H20N2O2S. The minimum Gasteiger partial charge on any atom is -0.494 e. The van der Waals surface area contributed by atoms with Crippen LogP contribution in [0.3, 0.4) is 0 Å². The molecule has 2 aromatic carbocycles. The average Bonchev–Trinajstić information content (AvgIpc) is 3.00. The number of anilines is 2. The summed E-state index contributed by atoms with van der Waals surface area (Å²) in [6.45, 7) is 6.36. The molecule has 0 fully saturated rings. The maximum absolute atomic E-state index is 12.8. The molecule has 0 aliphatic heterocycles. The minimum atomic E-state index is -0.122. The Morgan fingerprint density at radius 2 is 1.88 bits per heavy atom. The molecule has 24 heavy (non-hydrogen) atoms. The number of carbonyl (C=O) groups excluding carboxylic acids is 1. The molecule has 3 aromatic rings. The summed E-state index contributed by atoms with van der Waals surface area (Å²) in [4.78, 5) is 19.1. The van der Waals surface area contributed by atoms with Gasteiger partial charge in [-0.2, -0.15) is 0 Å². The third-order valence-electron chi connectivity index (χ3n) is 3.59. The van der Waals surface area contributed by atoms with Crippen LogP contribution in [0.25, 0.3) is 10.2 Å². The van der Waals surface area contributed by atoms with Crippen LogP contribution in [-0.2, 0) is 4.79 Å². The predicted molar refractivity (Wildman–Crippen MR) is 99.2 cm³/mol. The van der Waals surface area contributed by atoms with Crippen molar-refractivity contribution in [2.24, 2.45) is 5.92 Å². The first-order valence-corrected chi connectivity index (χ1v) is 8.84. The van der Waals surface area contributed by atoms with Crippen LogP contribution in [-0.4, -0.2) is 17.5 Å². The largest absolute Gasteiger partial charge is 0.494 e. The van der Waals surface area contributed by atoms with Crippen LogP contribution in [0.2, 0.25) is 0 Å². The quantitative estimate of drug-likeness (QED) is 0.655. The normalized spacial score (nSPS) is 11.0. The van der Waals surface area contributed by atoms with Crippen molar-refractivity contribution in [3.63, 3.8) is 0 Å². The number of hydrogen-bond acceptors (Lipinski definition) is 4. The number of para-hydroxylation sites is 1. The summed E-state index contributed by atoms with van der Waals surface area (Å²) in [6.07, 6.45) is 0. The van der Waals surface area contributed by atoms with Crippen molar-refractivity contribution in [1.82, 2.24) is 4.98 Å². The molecule has 0 spiro atoms. The SMILES string of the molecule is CCOc1ccc(N(C(=O)C(C)C)c2nc3ccccc3s2)cc1. The lowest BCUT2D eigenvalue weighted by Crippen LogP contribution is -2.29. The maximum Gasteiger partial charge on any atom is 0.235 e. The fraction of sp³-hybridized carbons (Fsp3) is 0.263. The number of hydrogen-bond donors (Lipinski definition) is 0. The van der Waals surface area contributed by atoms with E-state index in [-0.39, 0.29) is 11.8 Å². The van der Waals surface area contributed by atoms with E-state index in [1.165, 1.54) is 11.3 Å². The zero-order chi connectivity index (χ0) is 17.1. The van der Waals surface area contributed by atoms with Gasteiger partial charge < -0.3 is 4.74 Å². The average molecular weight is 340 g/mol. The van der Waals surface area contributed by atoms with Gasteiger partial charge in [0.05, 0.1) is 22.5 Å². The van der Waals surface area contributed by atoms with Crippen LogP contribution in [0.4, 0.5) is 10.8 Å². The molecule has 5 heteroatoms. The summed E-state index contributed by atoms with van der Waals surface area (Å²) >= 11 is 1.52. The number of rotatable bonds is 5. The Labute approximate surface area is 145 Å². The van der Waals surface area contributed by atoms with Crippen molar-refractivity contribution in [2.45, 2.75) is 20.8 Å². The van der Waals surface area contributed by atoms with Gasteiger partial charge >= 0.3 is 0 Å².